The highest BCUT2D eigenvalue weighted by Gasteiger charge is 2.40. The fourth-order valence-corrected chi connectivity index (χ4v) is 2.55. The van der Waals surface area contributed by atoms with Crippen molar-refractivity contribution in [2.45, 2.75) is 39.7 Å². The predicted molar refractivity (Wildman–Crippen MR) is 69.4 cm³/mol. The Bertz CT molecular complexity index is 389. The molecule has 0 aromatic heterocycles. The summed E-state index contributed by atoms with van der Waals surface area (Å²) in [6.45, 7) is 7.52. The normalized spacial score (nSPS) is 24.7. The fraction of sp³-hybridized carbons (Fsp3) is 0.600. The number of halogens is 1. The third-order valence-corrected chi connectivity index (χ3v) is 3.79. The maximum Gasteiger partial charge on any atom is 0.123 e. The van der Waals surface area contributed by atoms with E-state index >= 15 is 0 Å². The highest BCUT2D eigenvalue weighted by atomic mass is 19.1. The first-order valence-corrected chi connectivity index (χ1v) is 6.63. The van der Waals surface area contributed by atoms with Crippen LogP contribution in [0, 0.1) is 24.6 Å². The zero-order chi connectivity index (χ0) is 12.4. The lowest BCUT2D eigenvalue weighted by Crippen LogP contribution is -2.25. The molecule has 0 amide bonds. The Hall–Kier alpha value is -0.890. The first kappa shape index (κ1) is 12.6. The van der Waals surface area contributed by atoms with Crippen molar-refractivity contribution in [2.75, 3.05) is 6.54 Å². The molecule has 0 aliphatic heterocycles. The lowest BCUT2D eigenvalue weighted by atomic mass is 9.96. The molecular weight excluding hydrogens is 213 g/mol. The molecule has 2 heteroatoms. The molecule has 3 atom stereocenters. The molecule has 2 rings (SSSR count). The van der Waals surface area contributed by atoms with Crippen molar-refractivity contribution in [3.63, 3.8) is 0 Å². The molecule has 0 radical (unpaired) electrons. The van der Waals surface area contributed by atoms with Crippen LogP contribution < -0.4 is 5.32 Å². The minimum Gasteiger partial charge on any atom is -0.310 e. The van der Waals surface area contributed by atoms with Crippen molar-refractivity contribution in [3.05, 3.63) is 35.1 Å². The van der Waals surface area contributed by atoms with Crippen LogP contribution in [0.5, 0.6) is 0 Å². The predicted octanol–water partition coefficient (Wildman–Crippen LogP) is 3.83. The minimum absolute atomic E-state index is 0.123. The molecule has 1 N–H and O–H groups in total. The molecule has 0 bridgehead atoms. The van der Waals surface area contributed by atoms with Gasteiger partial charge in [-0.3, -0.25) is 0 Å². The van der Waals surface area contributed by atoms with Gasteiger partial charge in [0.05, 0.1) is 0 Å². The van der Waals surface area contributed by atoms with E-state index in [9.17, 15) is 4.39 Å². The van der Waals surface area contributed by atoms with Crippen molar-refractivity contribution in [1.82, 2.24) is 5.32 Å². The summed E-state index contributed by atoms with van der Waals surface area (Å²) in [5.74, 6) is 1.33. The van der Waals surface area contributed by atoms with Gasteiger partial charge in [0.1, 0.15) is 5.82 Å². The average Bonchev–Trinajstić information content (AvgIpc) is 3.01. The highest BCUT2D eigenvalue weighted by Crippen LogP contribution is 2.47. The summed E-state index contributed by atoms with van der Waals surface area (Å²) in [7, 11) is 0. The molecule has 94 valence electrons. The number of nitrogens with one attached hydrogen (secondary N) is 1. The molecular formula is C15H22FN. The summed E-state index contributed by atoms with van der Waals surface area (Å²) >= 11 is 0. The number of hydrogen-bond acceptors (Lipinski definition) is 1. The van der Waals surface area contributed by atoms with Gasteiger partial charge in [0.15, 0.2) is 0 Å². The van der Waals surface area contributed by atoms with Gasteiger partial charge in [0.25, 0.3) is 0 Å². The largest absolute Gasteiger partial charge is 0.310 e. The van der Waals surface area contributed by atoms with Crippen LogP contribution >= 0.6 is 0 Å². The highest BCUT2D eigenvalue weighted by molar-refractivity contribution is 5.31. The van der Waals surface area contributed by atoms with Crippen LogP contribution in [0.1, 0.15) is 43.9 Å². The van der Waals surface area contributed by atoms with Crippen LogP contribution in [-0.4, -0.2) is 6.54 Å². The van der Waals surface area contributed by atoms with E-state index in [2.05, 4.69) is 26.1 Å². The molecule has 0 heterocycles. The van der Waals surface area contributed by atoms with Gasteiger partial charge >= 0.3 is 0 Å². The Morgan fingerprint density at radius 2 is 2.18 bits per heavy atom. The SMILES string of the molecule is CCCNC(c1cc(F)ccc1C)C1CC1C. The Labute approximate surface area is 103 Å². The van der Waals surface area contributed by atoms with Crippen molar-refractivity contribution >= 4 is 0 Å². The molecule has 17 heavy (non-hydrogen) atoms. The Morgan fingerprint density at radius 3 is 2.76 bits per heavy atom. The summed E-state index contributed by atoms with van der Waals surface area (Å²) in [5.41, 5.74) is 2.34. The van der Waals surface area contributed by atoms with Gasteiger partial charge < -0.3 is 5.32 Å². The summed E-state index contributed by atoms with van der Waals surface area (Å²) in [6.07, 6.45) is 2.38. The molecule has 1 aliphatic carbocycles. The molecule has 0 saturated heterocycles. The first-order valence-electron chi connectivity index (χ1n) is 6.63. The van der Waals surface area contributed by atoms with Crippen LogP contribution in [-0.2, 0) is 0 Å². The number of rotatable bonds is 5. The van der Waals surface area contributed by atoms with E-state index in [0.29, 0.717) is 12.0 Å². The van der Waals surface area contributed by atoms with Gasteiger partial charge in [-0.25, -0.2) is 4.39 Å². The van der Waals surface area contributed by atoms with Gasteiger partial charge in [0, 0.05) is 6.04 Å². The van der Waals surface area contributed by atoms with Crippen molar-refractivity contribution in [2.24, 2.45) is 11.8 Å². The summed E-state index contributed by atoms with van der Waals surface area (Å²) < 4.78 is 13.4. The van der Waals surface area contributed by atoms with Crippen LogP contribution in [0.15, 0.2) is 18.2 Å². The topological polar surface area (TPSA) is 12.0 Å². The lowest BCUT2D eigenvalue weighted by molar-refractivity contribution is 0.458. The number of hydrogen-bond donors (Lipinski definition) is 1. The van der Waals surface area contributed by atoms with Crippen LogP contribution in [0.25, 0.3) is 0 Å². The molecule has 3 unspecified atom stereocenters. The smallest absolute Gasteiger partial charge is 0.123 e. The third-order valence-electron chi connectivity index (χ3n) is 3.79. The summed E-state index contributed by atoms with van der Waals surface area (Å²) in [4.78, 5) is 0. The standard InChI is InChI=1S/C15H22FN/c1-4-7-17-15(13-8-11(13)3)14-9-12(16)6-5-10(14)2/h5-6,9,11,13,15,17H,4,7-8H2,1-3H3. The third kappa shape index (κ3) is 2.86. The number of aryl methyl sites for hydroxylation is 1. The fourth-order valence-electron chi connectivity index (χ4n) is 2.55. The van der Waals surface area contributed by atoms with Crippen molar-refractivity contribution < 1.29 is 4.39 Å². The van der Waals surface area contributed by atoms with E-state index < -0.39 is 0 Å². The van der Waals surface area contributed by atoms with Gasteiger partial charge in [-0.05, 0) is 61.4 Å². The summed E-state index contributed by atoms with van der Waals surface area (Å²) in [5, 5.41) is 3.58. The van der Waals surface area contributed by atoms with E-state index in [0.717, 1.165) is 24.4 Å². The summed E-state index contributed by atoms with van der Waals surface area (Å²) in [6, 6.07) is 5.47. The second-order valence-electron chi connectivity index (χ2n) is 5.31. The number of benzene rings is 1. The Balaban J connectivity index is 2.21. The minimum atomic E-state index is -0.123. The van der Waals surface area contributed by atoms with E-state index in [4.69, 9.17) is 0 Å². The molecule has 1 aromatic rings. The van der Waals surface area contributed by atoms with Gasteiger partial charge in [-0.2, -0.15) is 0 Å². The maximum absolute atomic E-state index is 13.4. The quantitative estimate of drug-likeness (QED) is 0.818. The van der Waals surface area contributed by atoms with Gasteiger partial charge in [0.2, 0.25) is 0 Å². The second-order valence-corrected chi connectivity index (χ2v) is 5.31. The van der Waals surface area contributed by atoms with E-state index in [-0.39, 0.29) is 5.82 Å². The van der Waals surface area contributed by atoms with Crippen molar-refractivity contribution in [1.29, 1.82) is 0 Å². The van der Waals surface area contributed by atoms with Gasteiger partial charge in [-0.1, -0.05) is 19.9 Å². The molecule has 0 spiro atoms. The van der Waals surface area contributed by atoms with Crippen molar-refractivity contribution in [3.8, 4) is 0 Å². The Morgan fingerprint density at radius 1 is 1.47 bits per heavy atom. The van der Waals surface area contributed by atoms with E-state index in [1.165, 1.54) is 12.0 Å². The van der Waals surface area contributed by atoms with E-state index in [1.54, 1.807) is 12.1 Å². The lowest BCUT2D eigenvalue weighted by Gasteiger charge is -2.21. The van der Waals surface area contributed by atoms with Gasteiger partial charge in [-0.15, -0.1) is 0 Å². The Kier molecular flexibility index (Phi) is 3.82. The maximum atomic E-state index is 13.4. The van der Waals surface area contributed by atoms with Crippen LogP contribution in [0.3, 0.4) is 0 Å². The first-order chi connectivity index (χ1) is 8.13. The molecule has 1 fully saturated rings. The monoisotopic (exact) mass is 235 g/mol. The zero-order valence-corrected chi connectivity index (χ0v) is 11.0. The second kappa shape index (κ2) is 5.18. The average molecular weight is 235 g/mol. The van der Waals surface area contributed by atoms with E-state index in [1.807, 2.05) is 6.07 Å². The molecule has 1 aliphatic rings. The molecule has 1 nitrogen and oxygen atoms in total. The van der Waals surface area contributed by atoms with Crippen LogP contribution in [0.2, 0.25) is 0 Å². The molecule has 1 aromatic carbocycles. The zero-order valence-electron chi connectivity index (χ0n) is 11.0. The van der Waals surface area contributed by atoms with Crippen LogP contribution in [0.4, 0.5) is 4.39 Å². The molecule has 1 saturated carbocycles.